The molecule has 0 fully saturated rings. The van der Waals surface area contributed by atoms with Crippen molar-refractivity contribution in [3.05, 3.63) is 64.7 Å². The summed E-state index contributed by atoms with van der Waals surface area (Å²) in [6.07, 6.45) is 0. The van der Waals surface area contributed by atoms with E-state index in [0.29, 0.717) is 6.54 Å². The fourth-order valence-corrected chi connectivity index (χ4v) is 3.87. The SMILES string of the molecule is CCN(Cc1ccc(C(=O)O)cc1)S(=O)(=O)c1ccc(C)c(C)c1. The van der Waals surface area contributed by atoms with Crippen LogP contribution < -0.4 is 0 Å². The van der Waals surface area contributed by atoms with Crippen LogP contribution in [0.25, 0.3) is 0 Å². The Morgan fingerprint density at radius 2 is 1.67 bits per heavy atom. The van der Waals surface area contributed by atoms with Gasteiger partial charge in [0.05, 0.1) is 10.5 Å². The molecule has 6 heteroatoms. The molecule has 0 atom stereocenters. The summed E-state index contributed by atoms with van der Waals surface area (Å²) in [6.45, 7) is 6.13. The van der Waals surface area contributed by atoms with Gasteiger partial charge in [-0.15, -0.1) is 0 Å². The third-order valence-corrected chi connectivity index (χ3v) is 5.95. The standard InChI is InChI=1S/C18H21NO4S/c1-4-19(12-15-6-8-16(9-7-15)18(20)21)24(22,23)17-10-5-13(2)14(3)11-17/h5-11H,4,12H2,1-3H3,(H,20,21). The van der Waals surface area contributed by atoms with Crippen LogP contribution in [0.5, 0.6) is 0 Å². The number of nitrogens with zero attached hydrogens (tertiary/aromatic N) is 1. The quantitative estimate of drug-likeness (QED) is 0.871. The fourth-order valence-electron chi connectivity index (χ4n) is 2.35. The number of carbonyl (C=O) groups is 1. The van der Waals surface area contributed by atoms with E-state index >= 15 is 0 Å². The minimum Gasteiger partial charge on any atom is -0.478 e. The van der Waals surface area contributed by atoms with Crippen molar-refractivity contribution in [2.24, 2.45) is 0 Å². The first-order valence-corrected chi connectivity index (χ1v) is 9.09. The Kier molecular flexibility index (Phi) is 5.41. The minimum atomic E-state index is -3.60. The van der Waals surface area contributed by atoms with Gasteiger partial charge in [0.25, 0.3) is 0 Å². The van der Waals surface area contributed by atoms with Gasteiger partial charge in [-0.2, -0.15) is 4.31 Å². The van der Waals surface area contributed by atoms with Crippen LogP contribution in [0.15, 0.2) is 47.4 Å². The smallest absolute Gasteiger partial charge is 0.335 e. The minimum absolute atomic E-state index is 0.179. The van der Waals surface area contributed by atoms with Gasteiger partial charge in [-0.3, -0.25) is 0 Å². The molecule has 0 saturated carbocycles. The third kappa shape index (κ3) is 3.83. The maximum Gasteiger partial charge on any atom is 0.335 e. The van der Waals surface area contributed by atoms with E-state index in [2.05, 4.69) is 0 Å². The number of carboxylic acids is 1. The molecule has 1 N–H and O–H groups in total. The largest absolute Gasteiger partial charge is 0.478 e. The maximum atomic E-state index is 12.8. The first-order chi connectivity index (χ1) is 11.3. The van der Waals surface area contributed by atoms with Gasteiger partial charge < -0.3 is 5.11 Å². The number of aromatic carboxylic acids is 1. The van der Waals surface area contributed by atoms with Gasteiger partial charge in [0, 0.05) is 13.1 Å². The third-order valence-electron chi connectivity index (χ3n) is 4.03. The fraction of sp³-hybridized carbons (Fsp3) is 0.278. The molecule has 0 aliphatic heterocycles. The van der Waals surface area contributed by atoms with Crippen molar-refractivity contribution in [2.75, 3.05) is 6.54 Å². The predicted molar refractivity (Wildman–Crippen MR) is 92.6 cm³/mol. The molecule has 128 valence electrons. The molecule has 0 aliphatic carbocycles. The number of benzene rings is 2. The lowest BCUT2D eigenvalue weighted by atomic mass is 10.1. The average molecular weight is 347 g/mol. The van der Waals surface area contributed by atoms with Crippen LogP contribution in [-0.2, 0) is 16.6 Å². The Hall–Kier alpha value is -2.18. The zero-order chi connectivity index (χ0) is 17.9. The van der Waals surface area contributed by atoms with E-state index in [1.54, 1.807) is 37.3 Å². The molecular formula is C18H21NO4S. The lowest BCUT2D eigenvalue weighted by molar-refractivity contribution is 0.0697. The van der Waals surface area contributed by atoms with E-state index in [9.17, 15) is 13.2 Å². The lowest BCUT2D eigenvalue weighted by Gasteiger charge is -2.21. The van der Waals surface area contributed by atoms with Gasteiger partial charge in [0.15, 0.2) is 0 Å². The van der Waals surface area contributed by atoms with Crippen LogP contribution in [0.2, 0.25) is 0 Å². The van der Waals surface area contributed by atoms with E-state index < -0.39 is 16.0 Å². The molecular weight excluding hydrogens is 326 g/mol. The Morgan fingerprint density at radius 3 is 2.17 bits per heavy atom. The Morgan fingerprint density at radius 1 is 1.04 bits per heavy atom. The summed E-state index contributed by atoms with van der Waals surface area (Å²) < 4.78 is 27.1. The molecule has 0 bridgehead atoms. The summed E-state index contributed by atoms with van der Waals surface area (Å²) in [5.74, 6) is -1.00. The van der Waals surface area contributed by atoms with Crippen LogP contribution in [-0.4, -0.2) is 30.3 Å². The molecule has 0 amide bonds. The number of hydrogen-bond acceptors (Lipinski definition) is 3. The van der Waals surface area contributed by atoms with Gasteiger partial charge in [-0.1, -0.05) is 25.1 Å². The highest BCUT2D eigenvalue weighted by molar-refractivity contribution is 7.89. The molecule has 0 heterocycles. The predicted octanol–water partition coefficient (Wildman–Crippen LogP) is 3.21. The highest BCUT2D eigenvalue weighted by Crippen LogP contribution is 2.21. The highest BCUT2D eigenvalue weighted by atomic mass is 32.2. The molecule has 5 nitrogen and oxygen atoms in total. The molecule has 2 rings (SSSR count). The Labute approximate surface area is 142 Å². The Bertz CT molecular complexity index is 842. The number of hydrogen-bond donors (Lipinski definition) is 1. The topological polar surface area (TPSA) is 74.7 Å². The molecule has 2 aromatic carbocycles. The molecule has 0 aromatic heterocycles. The van der Waals surface area contributed by atoms with Crippen molar-refractivity contribution in [3.63, 3.8) is 0 Å². The van der Waals surface area contributed by atoms with Crippen molar-refractivity contribution in [2.45, 2.75) is 32.2 Å². The molecule has 0 aliphatic rings. The molecule has 0 spiro atoms. The van der Waals surface area contributed by atoms with E-state index in [-0.39, 0.29) is 17.0 Å². The van der Waals surface area contributed by atoms with E-state index in [4.69, 9.17) is 5.11 Å². The Balaban J connectivity index is 2.29. The number of sulfonamides is 1. The molecule has 24 heavy (non-hydrogen) atoms. The van der Waals surface area contributed by atoms with Crippen LogP contribution in [0, 0.1) is 13.8 Å². The second kappa shape index (κ2) is 7.15. The summed E-state index contributed by atoms with van der Waals surface area (Å²) in [5, 5.41) is 8.92. The van der Waals surface area contributed by atoms with E-state index in [1.165, 1.54) is 16.4 Å². The monoisotopic (exact) mass is 347 g/mol. The van der Waals surface area contributed by atoms with Crippen molar-refractivity contribution < 1.29 is 18.3 Å². The summed E-state index contributed by atoms with van der Waals surface area (Å²) in [7, 11) is -3.60. The maximum absolute atomic E-state index is 12.8. The zero-order valence-corrected chi connectivity index (χ0v) is 14.8. The summed E-state index contributed by atoms with van der Waals surface area (Å²) in [6, 6.07) is 11.3. The average Bonchev–Trinajstić information content (AvgIpc) is 2.55. The first kappa shape index (κ1) is 18.2. The first-order valence-electron chi connectivity index (χ1n) is 7.65. The van der Waals surface area contributed by atoms with Crippen LogP contribution in [0.3, 0.4) is 0 Å². The molecule has 2 aromatic rings. The van der Waals surface area contributed by atoms with Crippen LogP contribution in [0.4, 0.5) is 0 Å². The highest BCUT2D eigenvalue weighted by Gasteiger charge is 2.23. The second-order valence-electron chi connectivity index (χ2n) is 5.68. The van der Waals surface area contributed by atoms with Crippen molar-refractivity contribution in [3.8, 4) is 0 Å². The summed E-state index contributed by atoms with van der Waals surface area (Å²) in [4.78, 5) is 11.2. The van der Waals surface area contributed by atoms with Crippen molar-refractivity contribution in [1.29, 1.82) is 0 Å². The molecule has 0 saturated heterocycles. The van der Waals surface area contributed by atoms with Gasteiger partial charge in [0.2, 0.25) is 10.0 Å². The van der Waals surface area contributed by atoms with Gasteiger partial charge in [-0.05, 0) is 54.8 Å². The summed E-state index contributed by atoms with van der Waals surface area (Å²) in [5.41, 5.74) is 2.90. The van der Waals surface area contributed by atoms with Gasteiger partial charge in [-0.25, -0.2) is 13.2 Å². The normalized spacial score (nSPS) is 11.7. The van der Waals surface area contributed by atoms with E-state index in [1.807, 2.05) is 13.8 Å². The molecule has 0 radical (unpaired) electrons. The van der Waals surface area contributed by atoms with E-state index in [0.717, 1.165) is 16.7 Å². The number of rotatable bonds is 6. The second-order valence-corrected chi connectivity index (χ2v) is 7.62. The van der Waals surface area contributed by atoms with Gasteiger partial charge >= 0.3 is 5.97 Å². The van der Waals surface area contributed by atoms with Crippen molar-refractivity contribution >= 4 is 16.0 Å². The van der Waals surface area contributed by atoms with Crippen LogP contribution >= 0.6 is 0 Å². The van der Waals surface area contributed by atoms with Crippen molar-refractivity contribution in [1.82, 2.24) is 4.31 Å². The number of carboxylic acid groups (broad SMARTS) is 1. The van der Waals surface area contributed by atoms with Gasteiger partial charge in [0.1, 0.15) is 0 Å². The lowest BCUT2D eigenvalue weighted by Crippen LogP contribution is -2.30. The summed E-state index contributed by atoms with van der Waals surface area (Å²) >= 11 is 0. The zero-order valence-electron chi connectivity index (χ0n) is 14.0. The molecule has 0 unspecified atom stereocenters. The number of aryl methyl sites for hydroxylation is 2. The van der Waals surface area contributed by atoms with Crippen LogP contribution in [0.1, 0.15) is 34.0 Å².